The molecule has 0 aliphatic rings. The van der Waals surface area contributed by atoms with Crippen LogP contribution < -0.4 is 4.72 Å². The number of hydrogen-bond acceptors (Lipinski definition) is 3. The van der Waals surface area contributed by atoms with Crippen LogP contribution in [0.3, 0.4) is 0 Å². The zero-order valence-corrected chi connectivity index (χ0v) is 11.7. The van der Waals surface area contributed by atoms with Crippen molar-refractivity contribution in [3.63, 3.8) is 0 Å². The summed E-state index contributed by atoms with van der Waals surface area (Å²) in [5.41, 5.74) is 0.770. The molecule has 6 heteroatoms. The molecule has 0 saturated carbocycles. The summed E-state index contributed by atoms with van der Waals surface area (Å²) in [6.45, 7) is 0. The normalized spacial score (nSPS) is 11.5. The fourth-order valence-electron chi connectivity index (χ4n) is 1.58. The largest absolute Gasteiger partial charge is 0.269 e. The molecule has 1 amide bonds. The standard InChI is InChI=1S/C15H12FNO3S/c16-13-7-9-14(10-8-13)21(19,20)17-15(18)11-6-12-4-2-1-3-5-12/h1-11H,(H,17,18). The summed E-state index contributed by atoms with van der Waals surface area (Å²) in [6.07, 6.45) is 2.62. The van der Waals surface area contributed by atoms with Gasteiger partial charge >= 0.3 is 0 Å². The molecule has 0 aliphatic heterocycles. The number of halogens is 1. The molecule has 0 bridgehead atoms. The molecule has 2 aromatic rings. The first kappa shape index (κ1) is 14.9. The minimum absolute atomic E-state index is 0.176. The fraction of sp³-hybridized carbons (Fsp3) is 0. The van der Waals surface area contributed by atoms with Gasteiger partial charge in [0.1, 0.15) is 5.82 Å². The van der Waals surface area contributed by atoms with E-state index in [1.807, 2.05) is 10.8 Å². The van der Waals surface area contributed by atoms with Gasteiger partial charge in [-0.05, 0) is 35.9 Å². The van der Waals surface area contributed by atoms with Crippen LogP contribution >= 0.6 is 0 Å². The van der Waals surface area contributed by atoms with Crippen LogP contribution in [0.5, 0.6) is 0 Å². The lowest BCUT2D eigenvalue weighted by Gasteiger charge is -2.04. The van der Waals surface area contributed by atoms with Crippen molar-refractivity contribution in [3.05, 3.63) is 72.1 Å². The Labute approximate surface area is 122 Å². The highest BCUT2D eigenvalue weighted by Crippen LogP contribution is 2.09. The van der Waals surface area contributed by atoms with Gasteiger partial charge in [0.2, 0.25) is 0 Å². The Bertz CT molecular complexity index is 753. The van der Waals surface area contributed by atoms with Gasteiger partial charge in [0, 0.05) is 6.08 Å². The van der Waals surface area contributed by atoms with Gasteiger partial charge in [-0.15, -0.1) is 0 Å². The molecule has 0 aliphatic carbocycles. The van der Waals surface area contributed by atoms with E-state index in [1.165, 1.54) is 6.08 Å². The molecule has 0 saturated heterocycles. The molecule has 4 nitrogen and oxygen atoms in total. The molecule has 0 radical (unpaired) electrons. The first-order valence-corrected chi connectivity index (χ1v) is 7.51. The van der Waals surface area contributed by atoms with E-state index in [-0.39, 0.29) is 4.90 Å². The quantitative estimate of drug-likeness (QED) is 0.882. The van der Waals surface area contributed by atoms with Gasteiger partial charge in [0.05, 0.1) is 4.90 Å². The van der Waals surface area contributed by atoms with E-state index in [0.29, 0.717) is 0 Å². The third-order valence-electron chi connectivity index (χ3n) is 2.59. The van der Waals surface area contributed by atoms with Crippen molar-refractivity contribution < 1.29 is 17.6 Å². The summed E-state index contributed by atoms with van der Waals surface area (Å²) < 4.78 is 38.4. The Morgan fingerprint density at radius 3 is 2.24 bits per heavy atom. The SMILES string of the molecule is O=C(C=Cc1ccccc1)NS(=O)(=O)c1ccc(F)cc1. The Hall–Kier alpha value is -2.47. The van der Waals surface area contributed by atoms with Crippen molar-refractivity contribution in [3.8, 4) is 0 Å². The van der Waals surface area contributed by atoms with E-state index in [4.69, 9.17) is 0 Å². The molecule has 21 heavy (non-hydrogen) atoms. The molecule has 0 aromatic heterocycles. The molecule has 0 fully saturated rings. The van der Waals surface area contributed by atoms with Crippen molar-refractivity contribution in [1.29, 1.82) is 0 Å². The van der Waals surface area contributed by atoms with Gasteiger partial charge in [-0.25, -0.2) is 17.5 Å². The average Bonchev–Trinajstić information content (AvgIpc) is 2.46. The van der Waals surface area contributed by atoms with Crippen LogP contribution in [-0.4, -0.2) is 14.3 Å². The van der Waals surface area contributed by atoms with Crippen molar-refractivity contribution in [2.24, 2.45) is 0 Å². The van der Waals surface area contributed by atoms with Crippen molar-refractivity contribution in [2.75, 3.05) is 0 Å². The Morgan fingerprint density at radius 1 is 1.00 bits per heavy atom. The summed E-state index contributed by atoms with van der Waals surface area (Å²) in [5, 5.41) is 0. The smallest absolute Gasteiger partial charge is 0.264 e. The van der Waals surface area contributed by atoms with E-state index < -0.39 is 21.7 Å². The van der Waals surface area contributed by atoms with Crippen LogP contribution in [-0.2, 0) is 14.8 Å². The lowest BCUT2D eigenvalue weighted by atomic mass is 10.2. The monoisotopic (exact) mass is 305 g/mol. The molecule has 1 N–H and O–H groups in total. The summed E-state index contributed by atoms with van der Waals surface area (Å²) in [5.74, 6) is -1.33. The fourth-order valence-corrected chi connectivity index (χ4v) is 2.52. The second-order valence-corrected chi connectivity index (χ2v) is 5.85. The second-order valence-electron chi connectivity index (χ2n) is 4.17. The summed E-state index contributed by atoms with van der Waals surface area (Å²) in [7, 11) is -4.00. The molecule has 2 rings (SSSR count). The predicted octanol–water partition coefficient (Wildman–Crippen LogP) is 2.34. The lowest BCUT2D eigenvalue weighted by molar-refractivity contribution is -0.114. The zero-order valence-electron chi connectivity index (χ0n) is 10.9. The second kappa shape index (κ2) is 6.32. The maximum Gasteiger partial charge on any atom is 0.264 e. The van der Waals surface area contributed by atoms with Crippen LogP contribution in [0.4, 0.5) is 4.39 Å². The van der Waals surface area contributed by atoms with Gasteiger partial charge in [-0.3, -0.25) is 4.79 Å². The average molecular weight is 305 g/mol. The van der Waals surface area contributed by atoms with E-state index in [0.717, 1.165) is 35.9 Å². The number of hydrogen-bond donors (Lipinski definition) is 1. The number of rotatable bonds is 4. The van der Waals surface area contributed by atoms with E-state index in [9.17, 15) is 17.6 Å². The van der Waals surface area contributed by atoms with E-state index in [1.54, 1.807) is 24.3 Å². The molecule has 0 spiro atoms. The summed E-state index contributed by atoms with van der Waals surface area (Å²) in [4.78, 5) is 11.4. The third kappa shape index (κ3) is 4.25. The zero-order chi connectivity index (χ0) is 15.3. The maximum atomic E-state index is 12.8. The topological polar surface area (TPSA) is 63.2 Å². The summed E-state index contributed by atoms with van der Waals surface area (Å²) in [6, 6.07) is 13.2. The van der Waals surface area contributed by atoms with Gasteiger partial charge < -0.3 is 0 Å². The number of sulfonamides is 1. The molecule has 108 valence electrons. The number of benzene rings is 2. The number of carbonyl (C=O) groups is 1. The van der Waals surface area contributed by atoms with Gasteiger partial charge in [0.25, 0.3) is 15.9 Å². The highest BCUT2D eigenvalue weighted by molar-refractivity contribution is 7.90. The minimum atomic E-state index is -4.00. The van der Waals surface area contributed by atoms with Crippen molar-refractivity contribution in [2.45, 2.75) is 4.90 Å². The predicted molar refractivity (Wildman–Crippen MR) is 77.2 cm³/mol. The maximum absolute atomic E-state index is 12.8. The first-order chi connectivity index (χ1) is 9.97. The highest BCUT2D eigenvalue weighted by Gasteiger charge is 2.15. The van der Waals surface area contributed by atoms with Gasteiger partial charge in [0.15, 0.2) is 0 Å². The van der Waals surface area contributed by atoms with Crippen LogP contribution in [0, 0.1) is 5.82 Å². The van der Waals surface area contributed by atoms with Crippen LogP contribution in [0.15, 0.2) is 65.6 Å². The van der Waals surface area contributed by atoms with E-state index >= 15 is 0 Å². The molecule has 0 atom stereocenters. The Morgan fingerprint density at radius 2 is 1.62 bits per heavy atom. The van der Waals surface area contributed by atoms with Crippen molar-refractivity contribution >= 4 is 22.0 Å². The van der Waals surface area contributed by atoms with Crippen molar-refractivity contribution in [1.82, 2.24) is 4.72 Å². The summed E-state index contributed by atoms with van der Waals surface area (Å²) >= 11 is 0. The van der Waals surface area contributed by atoms with Gasteiger partial charge in [-0.2, -0.15) is 0 Å². The highest BCUT2D eigenvalue weighted by atomic mass is 32.2. The van der Waals surface area contributed by atoms with Crippen LogP contribution in [0.2, 0.25) is 0 Å². The number of carbonyl (C=O) groups excluding carboxylic acids is 1. The molecule has 0 heterocycles. The molecule has 0 unspecified atom stereocenters. The Balaban J connectivity index is 2.08. The number of nitrogens with one attached hydrogen (secondary N) is 1. The molecular formula is C15H12FNO3S. The van der Waals surface area contributed by atoms with Crippen LogP contribution in [0.1, 0.15) is 5.56 Å². The first-order valence-electron chi connectivity index (χ1n) is 6.03. The van der Waals surface area contributed by atoms with E-state index in [2.05, 4.69) is 0 Å². The Kier molecular flexibility index (Phi) is 4.49. The van der Waals surface area contributed by atoms with Crippen LogP contribution in [0.25, 0.3) is 6.08 Å². The molecule has 2 aromatic carbocycles. The third-order valence-corrected chi connectivity index (χ3v) is 3.95. The minimum Gasteiger partial charge on any atom is -0.269 e. The lowest BCUT2D eigenvalue weighted by Crippen LogP contribution is -2.28. The van der Waals surface area contributed by atoms with Gasteiger partial charge in [-0.1, -0.05) is 30.3 Å². The molecular weight excluding hydrogens is 293 g/mol. The number of amides is 1.